The molecule has 19 heavy (non-hydrogen) atoms. The summed E-state index contributed by atoms with van der Waals surface area (Å²) in [4.78, 5) is 0. The molecule has 0 aliphatic carbocycles. The molecule has 0 spiro atoms. The normalized spacial score (nSPS) is 10.7. The lowest BCUT2D eigenvalue weighted by atomic mass is 10.1. The summed E-state index contributed by atoms with van der Waals surface area (Å²) in [6.07, 6.45) is 0. The van der Waals surface area contributed by atoms with Crippen LogP contribution in [0.1, 0.15) is 29.4 Å². The molecule has 2 N–H and O–H groups in total. The topological polar surface area (TPSA) is 66.0 Å². The Kier molecular flexibility index (Phi) is 4.16. The van der Waals surface area contributed by atoms with Gasteiger partial charge < -0.3 is 10.5 Å². The molecule has 0 radical (unpaired) electrons. The molecule has 2 aromatic rings. The van der Waals surface area contributed by atoms with E-state index in [1.54, 1.807) is 0 Å². The largest absolute Gasteiger partial charge is 0.487 e. The zero-order valence-electron chi connectivity index (χ0n) is 11.7. The third kappa shape index (κ3) is 2.76. The van der Waals surface area contributed by atoms with Crippen molar-refractivity contribution in [3.8, 4) is 5.75 Å². The predicted molar refractivity (Wildman–Crippen MR) is 73.8 cm³/mol. The average Bonchev–Trinajstić information content (AvgIpc) is 2.82. The zero-order valence-corrected chi connectivity index (χ0v) is 11.7. The molecule has 5 nitrogen and oxygen atoms in total. The molecule has 0 unspecified atom stereocenters. The monoisotopic (exact) mass is 260 g/mol. The van der Waals surface area contributed by atoms with Crippen LogP contribution in [0.15, 0.2) is 18.2 Å². The van der Waals surface area contributed by atoms with Crippen molar-refractivity contribution < 1.29 is 4.74 Å². The van der Waals surface area contributed by atoms with E-state index in [-0.39, 0.29) is 0 Å². The van der Waals surface area contributed by atoms with Gasteiger partial charge in [0.1, 0.15) is 23.7 Å². The smallest absolute Gasteiger partial charge is 0.132 e. The van der Waals surface area contributed by atoms with E-state index in [1.807, 2.05) is 23.7 Å². The number of nitrogens with zero attached hydrogens (tertiary/aromatic N) is 3. The van der Waals surface area contributed by atoms with Gasteiger partial charge in [0.25, 0.3) is 0 Å². The maximum absolute atomic E-state index is 5.89. The van der Waals surface area contributed by atoms with Crippen LogP contribution >= 0.6 is 0 Å². The molecule has 1 heterocycles. The van der Waals surface area contributed by atoms with Crippen molar-refractivity contribution >= 4 is 0 Å². The fourth-order valence-corrected chi connectivity index (χ4v) is 1.97. The third-order valence-electron chi connectivity index (χ3n) is 3.33. The van der Waals surface area contributed by atoms with Crippen LogP contribution in [0.3, 0.4) is 0 Å². The van der Waals surface area contributed by atoms with Gasteiger partial charge in [0, 0.05) is 13.1 Å². The van der Waals surface area contributed by atoms with Gasteiger partial charge in [0.05, 0.1) is 0 Å². The van der Waals surface area contributed by atoms with Crippen molar-refractivity contribution in [2.75, 3.05) is 0 Å². The first-order valence-corrected chi connectivity index (χ1v) is 6.47. The highest BCUT2D eigenvalue weighted by Crippen LogP contribution is 2.22. The number of aromatic nitrogens is 3. The van der Waals surface area contributed by atoms with Crippen LogP contribution in [-0.4, -0.2) is 15.0 Å². The first kappa shape index (κ1) is 13.5. The second-order valence-electron chi connectivity index (χ2n) is 4.49. The third-order valence-corrected chi connectivity index (χ3v) is 3.33. The Morgan fingerprint density at radius 1 is 1.32 bits per heavy atom. The van der Waals surface area contributed by atoms with Crippen LogP contribution in [0.4, 0.5) is 0 Å². The van der Waals surface area contributed by atoms with E-state index in [4.69, 9.17) is 10.5 Å². The molecular formula is C14H20N4O. The van der Waals surface area contributed by atoms with Gasteiger partial charge in [-0.1, -0.05) is 17.3 Å². The molecule has 102 valence electrons. The van der Waals surface area contributed by atoms with Gasteiger partial charge in [0.2, 0.25) is 0 Å². The minimum absolute atomic E-state index is 0.380. The molecule has 1 aromatic carbocycles. The summed E-state index contributed by atoms with van der Waals surface area (Å²) in [7, 11) is 0. The van der Waals surface area contributed by atoms with Gasteiger partial charge in [0.15, 0.2) is 0 Å². The number of ether oxygens (including phenoxy) is 1. The van der Waals surface area contributed by atoms with Crippen LogP contribution in [0.25, 0.3) is 0 Å². The summed E-state index contributed by atoms with van der Waals surface area (Å²) in [5, 5.41) is 8.13. The van der Waals surface area contributed by atoms with Crippen molar-refractivity contribution in [1.82, 2.24) is 15.0 Å². The minimum atomic E-state index is 0.380. The Bertz CT molecular complexity index is 541. The summed E-state index contributed by atoms with van der Waals surface area (Å²) in [5.41, 5.74) is 9.80. The maximum Gasteiger partial charge on any atom is 0.132 e. The zero-order chi connectivity index (χ0) is 13.8. The molecule has 2 rings (SSSR count). The van der Waals surface area contributed by atoms with Gasteiger partial charge in [-0.05, 0) is 38.0 Å². The first-order chi connectivity index (χ1) is 9.17. The molecule has 0 saturated carbocycles. The van der Waals surface area contributed by atoms with E-state index in [9.17, 15) is 0 Å². The Labute approximate surface area is 113 Å². The molecular weight excluding hydrogens is 240 g/mol. The number of hydrogen-bond acceptors (Lipinski definition) is 4. The highest BCUT2D eigenvalue weighted by Gasteiger charge is 2.12. The van der Waals surface area contributed by atoms with Crippen molar-refractivity contribution in [2.24, 2.45) is 5.73 Å². The first-order valence-electron chi connectivity index (χ1n) is 6.47. The maximum atomic E-state index is 5.89. The van der Waals surface area contributed by atoms with Crippen LogP contribution in [0.2, 0.25) is 0 Å². The summed E-state index contributed by atoms with van der Waals surface area (Å²) in [5.74, 6) is 0.895. The van der Waals surface area contributed by atoms with Crippen molar-refractivity contribution in [1.29, 1.82) is 0 Å². The van der Waals surface area contributed by atoms with Gasteiger partial charge >= 0.3 is 0 Å². The van der Waals surface area contributed by atoms with Crippen LogP contribution < -0.4 is 10.5 Å². The summed E-state index contributed by atoms with van der Waals surface area (Å²) >= 11 is 0. The SMILES string of the molecule is CCn1nnc(CN)c1COc1cccc(C)c1C. The Hall–Kier alpha value is -1.88. The van der Waals surface area contributed by atoms with Gasteiger partial charge in [-0.2, -0.15) is 0 Å². The lowest BCUT2D eigenvalue weighted by Gasteiger charge is -2.12. The predicted octanol–water partition coefficient (Wildman–Crippen LogP) is 1.95. The molecule has 0 amide bonds. The van der Waals surface area contributed by atoms with E-state index in [1.165, 1.54) is 5.56 Å². The summed E-state index contributed by atoms with van der Waals surface area (Å²) in [6.45, 7) is 7.74. The van der Waals surface area contributed by atoms with Crippen LogP contribution in [0.5, 0.6) is 5.75 Å². The number of hydrogen-bond donors (Lipinski definition) is 1. The minimum Gasteiger partial charge on any atom is -0.487 e. The standard InChI is InChI=1S/C14H20N4O/c1-4-18-13(12(8-15)16-17-18)9-19-14-7-5-6-10(2)11(14)3/h5-7H,4,8-9,15H2,1-3H3. The quantitative estimate of drug-likeness (QED) is 0.892. The summed E-state index contributed by atoms with van der Waals surface area (Å²) in [6, 6.07) is 6.05. The fourth-order valence-electron chi connectivity index (χ4n) is 1.97. The Balaban J connectivity index is 2.18. The Morgan fingerprint density at radius 3 is 2.79 bits per heavy atom. The van der Waals surface area contributed by atoms with Crippen molar-refractivity contribution in [3.05, 3.63) is 40.7 Å². The van der Waals surface area contributed by atoms with Crippen LogP contribution in [-0.2, 0) is 19.7 Å². The lowest BCUT2D eigenvalue weighted by Crippen LogP contribution is -2.10. The van der Waals surface area contributed by atoms with E-state index in [0.29, 0.717) is 13.2 Å². The number of benzene rings is 1. The molecule has 0 aliphatic rings. The Morgan fingerprint density at radius 2 is 2.11 bits per heavy atom. The van der Waals surface area contributed by atoms with E-state index in [2.05, 4.69) is 30.2 Å². The molecule has 0 bridgehead atoms. The van der Waals surface area contributed by atoms with Gasteiger partial charge in [-0.25, -0.2) is 4.68 Å². The van der Waals surface area contributed by atoms with E-state index in [0.717, 1.165) is 29.2 Å². The van der Waals surface area contributed by atoms with Gasteiger partial charge in [-0.3, -0.25) is 0 Å². The highest BCUT2D eigenvalue weighted by molar-refractivity contribution is 5.38. The molecule has 1 aromatic heterocycles. The number of rotatable bonds is 5. The molecule has 0 saturated heterocycles. The summed E-state index contributed by atoms with van der Waals surface area (Å²) < 4.78 is 7.72. The highest BCUT2D eigenvalue weighted by atomic mass is 16.5. The second kappa shape index (κ2) is 5.84. The van der Waals surface area contributed by atoms with E-state index >= 15 is 0 Å². The second-order valence-corrected chi connectivity index (χ2v) is 4.49. The average molecular weight is 260 g/mol. The molecule has 5 heteroatoms. The molecule has 0 fully saturated rings. The number of nitrogens with two attached hydrogens (primary N) is 1. The molecule has 0 aliphatic heterocycles. The van der Waals surface area contributed by atoms with Gasteiger partial charge in [-0.15, -0.1) is 5.10 Å². The van der Waals surface area contributed by atoms with Crippen molar-refractivity contribution in [2.45, 2.75) is 40.5 Å². The lowest BCUT2D eigenvalue weighted by molar-refractivity contribution is 0.289. The molecule has 0 atom stereocenters. The van der Waals surface area contributed by atoms with E-state index < -0.39 is 0 Å². The van der Waals surface area contributed by atoms with Crippen LogP contribution in [0, 0.1) is 13.8 Å². The fraction of sp³-hybridized carbons (Fsp3) is 0.429. The van der Waals surface area contributed by atoms with Crippen molar-refractivity contribution in [3.63, 3.8) is 0 Å². The number of aryl methyl sites for hydroxylation is 2.